The van der Waals surface area contributed by atoms with Crippen LogP contribution in [0.4, 0.5) is 0 Å². The Hall–Kier alpha value is -4.40. The van der Waals surface area contributed by atoms with Crippen LogP contribution in [-0.2, 0) is 6.42 Å². The SMILES string of the molecule is CCc1cncc(-c2ccc3[nH]nc(-c4nc5c(-n6cnc(C)c6)nccc5[nH]4)c3n2)c1. The number of aryl methyl sites for hydroxylation is 2. The first kappa shape index (κ1) is 18.4. The Morgan fingerprint density at radius 1 is 1.00 bits per heavy atom. The highest BCUT2D eigenvalue weighted by molar-refractivity contribution is 5.92. The van der Waals surface area contributed by atoms with Gasteiger partial charge in [0.2, 0.25) is 0 Å². The van der Waals surface area contributed by atoms with Crippen molar-refractivity contribution >= 4 is 22.1 Å². The summed E-state index contributed by atoms with van der Waals surface area (Å²) < 4.78 is 1.87. The van der Waals surface area contributed by atoms with Gasteiger partial charge in [-0.25, -0.2) is 19.9 Å². The highest BCUT2D eigenvalue weighted by Gasteiger charge is 2.17. The summed E-state index contributed by atoms with van der Waals surface area (Å²) in [6, 6.07) is 7.97. The van der Waals surface area contributed by atoms with E-state index in [4.69, 9.17) is 9.97 Å². The molecule has 9 heteroatoms. The molecule has 0 aliphatic carbocycles. The molecule has 0 spiro atoms. The van der Waals surface area contributed by atoms with E-state index in [0.29, 0.717) is 17.3 Å². The molecule has 0 fully saturated rings. The van der Waals surface area contributed by atoms with Gasteiger partial charge in [0, 0.05) is 30.4 Å². The average Bonchev–Trinajstić information content (AvgIpc) is 3.55. The van der Waals surface area contributed by atoms with Gasteiger partial charge < -0.3 is 4.98 Å². The molecule has 6 heterocycles. The second kappa shape index (κ2) is 7.09. The highest BCUT2D eigenvalue weighted by Crippen LogP contribution is 2.29. The van der Waals surface area contributed by atoms with Crippen LogP contribution in [0.2, 0.25) is 0 Å². The number of aromatic amines is 2. The van der Waals surface area contributed by atoms with E-state index in [9.17, 15) is 0 Å². The van der Waals surface area contributed by atoms with Crippen molar-refractivity contribution in [3.63, 3.8) is 0 Å². The number of H-pyrrole nitrogens is 2. The van der Waals surface area contributed by atoms with Crippen LogP contribution in [-0.4, -0.2) is 44.7 Å². The van der Waals surface area contributed by atoms with Crippen molar-refractivity contribution in [1.82, 2.24) is 44.7 Å². The fraction of sp³-hybridized carbons (Fsp3) is 0.130. The lowest BCUT2D eigenvalue weighted by atomic mass is 10.1. The van der Waals surface area contributed by atoms with Crippen molar-refractivity contribution in [2.75, 3.05) is 0 Å². The van der Waals surface area contributed by atoms with Gasteiger partial charge in [0.25, 0.3) is 0 Å². The standard InChI is InChI=1S/C23H19N9/c1-3-14-8-15(10-24-9-14)16-4-5-18-19(27-16)21(31-30-18)22-28-17-6-7-25-23(20(17)29-22)32-11-13(2)26-12-32/h4-12H,3H2,1-2H3,(H,28,29)(H,30,31). The Balaban J connectivity index is 1.49. The molecular weight excluding hydrogens is 402 g/mol. The van der Waals surface area contributed by atoms with Crippen molar-refractivity contribution in [2.24, 2.45) is 0 Å². The van der Waals surface area contributed by atoms with E-state index < -0.39 is 0 Å². The summed E-state index contributed by atoms with van der Waals surface area (Å²) in [5.74, 6) is 1.34. The summed E-state index contributed by atoms with van der Waals surface area (Å²) in [4.78, 5) is 26.2. The van der Waals surface area contributed by atoms with Crippen LogP contribution in [0.3, 0.4) is 0 Å². The highest BCUT2D eigenvalue weighted by atomic mass is 15.2. The van der Waals surface area contributed by atoms with Crippen LogP contribution >= 0.6 is 0 Å². The molecule has 32 heavy (non-hydrogen) atoms. The molecule has 0 aromatic carbocycles. The first-order valence-electron chi connectivity index (χ1n) is 10.3. The molecule has 9 nitrogen and oxygen atoms in total. The zero-order chi connectivity index (χ0) is 21.7. The van der Waals surface area contributed by atoms with Crippen molar-refractivity contribution in [3.8, 4) is 28.6 Å². The van der Waals surface area contributed by atoms with Gasteiger partial charge in [-0.2, -0.15) is 5.10 Å². The van der Waals surface area contributed by atoms with Crippen LogP contribution in [0.15, 0.2) is 55.4 Å². The Morgan fingerprint density at radius 3 is 2.78 bits per heavy atom. The van der Waals surface area contributed by atoms with E-state index in [1.54, 1.807) is 12.5 Å². The van der Waals surface area contributed by atoms with Crippen molar-refractivity contribution in [1.29, 1.82) is 0 Å². The number of hydrogen-bond donors (Lipinski definition) is 2. The smallest absolute Gasteiger partial charge is 0.166 e. The number of fused-ring (bicyclic) bond motifs is 2. The zero-order valence-electron chi connectivity index (χ0n) is 17.5. The molecule has 0 radical (unpaired) electrons. The number of imidazole rings is 2. The molecule has 0 saturated carbocycles. The summed E-state index contributed by atoms with van der Waals surface area (Å²) >= 11 is 0. The number of hydrogen-bond acceptors (Lipinski definition) is 6. The molecule has 0 unspecified atom stereocenters. The largest absolute Gasteiger partial charge is 0.336 e. The fourth-order valence-corrected chi connectivity index (χ4v) is 3.81. The fourth-order valence-electron chi connectivity index (χ4n) is 3.81. The van der Waals surface area contributed by atoms with Gasteiger partial charge >= 0.3 is 0 Å². The summed E-state index contributed by atoms with van der Waals surface area (Å²) in [6.07, 6.45) is 10.0. The summed E-state index contributed by atoms with van der Waals surface area (Å²) in [5.41, 5.74) is 7.75. The maximum atomic E-state index is 4.89. The maximum absolute atomic E-state index is 4.89. The monoisotopic (exact) mass is 421 g/mol. The molecule has 6 aromatic heterocycles. The summed E-state index contributed by atoms with van der Waals surface area (Å²) in [7, 11) is 0. The minimum atomic E-state index is 0.627. The molecule has 156 valence electrons. The second-order valence-electron chi connectivity index (χ2n) is 7.64. The lowest BCUT2D eigenvalue weighted by molar-refractivity contribution is 1.00. The van der Waals surface area contributed by atoms with Gasteiger partial charge in [-0.05, 0) is 43.2 Å². The molecule has 0 amide bonds. The minimum Gasteiger partial charge on any atom is -0.336 e. The number of rotatable bonds is 4. The van der Waals surface area contributed by atoms with Crippen LogP contribution < -0.4 is 0 Å². The van der Waals surface area contributed by atoms with E-state index in [0.717, 1.165) is 45.4 Å². The molecule has 0 saturated heterocycles. The molecule has 2 N–H and O–H groups in total. The first-order chi connectivity index (χ1) is 15.7. The minimum absolute atomic E-state index is 0.627. The van der Waals surface area contributed by atoms with E-state index in [1.807, 2.05) is 48.3 Å². The van der Waals surface area contributed by atoms with Crippen LogP contribution in [0.1, 0.15) is 18.2 Å². The number of nitrogens with zero attached hydrogens (tertiary/aromatic N) is 7. The number of aromatic nitrogens is 9. The van der Waals surface area contributed by atoms with E-state index >= 15 is 0 Å². The first-order valence-corrected chi connectivity index (χ1v) is 10.3. The molecule has 0 aliphatic rings. The second-order valence-corrected chi connectivity index (χ2v) is 7.64. The van der Waals surface area contributed by atoms with Crippen molar-refractivity contribution in [3.05, 3.63) is 66.6 Å². The topological polar surface area (TPSA) is 114 Å². The maximum Gasteiger partial charge on any atom is 0.166 e. The van der Waals surface area contributed by atoms with Crippen molar-refractivity contribution < 1.29 is 0 Å². The Bertz CT molecular complexity index is 1590. The molecule has 6 aromatic rings. The third-order valence-electron chi connectivity index (χ3n) is 5.47. The molecule has 0 bridgehead atoms. The quantitative estimate of drug-likeness (QED) is 0.444. The Labute approximate surface area is 182 Å². The predicted octanol–water partition coefficient (Wildman–Crippen LogP) is 4.01. The van der Waals surface area contributed by atoms with Gasteiger partial charge in [-0.15, -0.1) is 0 Å². The van der Waals surface area contributed by atoms with Crippen LogP contribution in [0.25, 0.3) is 50.7 Å². The predicted molar refractivity (Wildman–Crippen MR) is 121 cm³/mol. The van der Waals surface area contributed by atoms with Crippen molar-refractivity contribution in [2.45, 2.75) is 20.3 Å². The zero-order valence-corrected chi connectivity index (χ0v) is 17.5. The molecule has 0 atom stereocenters. The Kier molecular flexibility index (Phi) is 4.07. The average molecular weight is 421 g/mol. The van der Waals surface area contributed by atoms with Gasteiger partial charge in [0.15, 0.2) is 17.3 Å². The van der Waals surface area contributed by atoms with E-state index in [1.165, 1.54) is 5.56 Å². The lowest BCUT2D eigenvalue weighted by Crippen LogP contribution is -1.95. The van der Waals surface area contributed by atoms with Gasteiger partial charge in [-0.1, -0.05) is 6.92 Å². The lowest BCUT2D eigenvalue weighted by Gasteiger charge is -2.03. The number of pyridine rings is 3. The third kappa shape index (κ3) is 2.94. The molecular formula is C23H19N9. The van der Waals surface area contributed by atoms with Crippen LogP contribution in [0.5, 0.6) is 0 Å². The van der Waals surface area contributed by atoms with Gasteiger partial charge in [0.05, 0.1) is 22.4 Å². The Morgan fingerprint density at radius 2 is 1.94 bits per heavy atom. The molecule has 0 aliphatic heterocycles. The normalized spacial score (nSPS) is 11.6. The number of nitrogens with one attached hydrogen (secondary N) is 2. The molecule has 6 rings (SSSR count). The van der Waals surface area contributed by atoms with E-state index in [2.05, 4.69) is 43.1 Å². The van der Waals surface area contributed by atoms with E-state index in [-0.39, 0.29) is 0 Å². The van der Waals surface area contributed by atoms with Gasteiger partial charge in [-0.3, -0.25) is 14.6 Å². The third-order valence-corrected chi connectivity index (χ3v) is 5.47. The van der Waals surface area contributed by atoms with Gasteiger partial charge in [0.1, 0.15) is 17.4 Å². The summed E-state index contributed by atoms with van der Waals surface area (Å²) in [5, 5.41) is 7.56. The van der Waals surface area contributed by atoms with Crippen LogP contribution in [0, 0.1) is 6.92 Å². The summed E-state index contributed by atoms with van der Waals surface area (Å²) in [6.45, 7) is 4.05.